The lowest BCUT2D eigenvalue weighted by atomic mass is 9.91. The van der Waals surface area contributed by atoms with Gasteiger partial charge >= 0.3 is 0 Å². The largest absolute Gasteiger partial charge is 0.403 e. The van der Waals surface area contributed by atoms with Crippen molar-refractivity contribution in [2.24, 2.45) is 5.92 Å². The second kappa shape index (κ2) is 12.3. The Morgan fingerprint density at radius 3 is 1.74 bits per heavy atom. The first-order chi connectivity index (χ1) is 16.8. The van der Waals surface area contributed by atoms with Gasteiger partial charge in [-0.25, -0.2) is 0 Å². The van der Waals surface area contributed by atoms with Crippen LogP contribution >= 0.6 is 0 Å². The van der Waals surface area contributed by atoms with E-state index in [0.717, 1.165) is 5.56 Å². The summed E-state index contributed by atoms with van der Waals surface area (Å²) in [6.07, 6.45) is -0.341. The topological polar surface area (TPSA) is 51.5 Å². The molecular formula is C30H37NO3Si. The molecule has 5 heteroatoms. The number of methoxy groups -OCH3 is 1. The van der Waals surface area contributed by atoms with E-state index in [-0.39, 0.29) is 36.4 Å². The number of nitrogens with zero attached hydrogens (tertiary/aromatic N) is 1. The van der Waals surface area contributed by atoms with Crippen LogP contribution in [0.3, 0.4) is 0 Å². The first kappa shape index (κ1) is 26.8. The van der Waals surface area contributed by atoms with Crippen molar-refractivity contribution in [2.45, 2.75) is 51.4 Å². The molecule has 0 amide bonds. The summed E-state index contributed by atoms with van der Waals surface area (Å²) < 4.78 is 18.8. The molecule has 0 spiro atoms. The maximum Gasteiger partial charge on any atom is 0.261 e. The zero-order valence-electron chi connectivity index (χ0n) is 21.5. The van der Waals surface area contributed by atoms with Gasteiger partial charge in [-0.15, -0.1) is 0 Å². The molecule has 3 rings (SSSR count). The maximum atomic E-state index is 9.87. The van der Waals surface area contributed by atoms with Crippen molar-refractivity contribution in [3.63, 3.8) is 0 Å². The number of nitriles is 1. The number of hydrogen-bond acceptors (Lipinski definition) is 4. The summed E-state index contributed by atoms with van der Waals surface area (Å²) in [6.45, 7) is 9.05. The monoisotopic (exact) mass is 487 g/mol. The minimum absolute atomic E-state index is 0.0890. The number of benzene rings is 3. The predicted molar refractivity (Wildman–Crippen MR) is 144 cm³/mol. The van der Waals surface area contributed by atoms with E-state index in [1.807, 2.05) is 30.3 Å². The average Bonchev–Trinajstić information content (AvgIpc) is 2.87. The summed E-state index contributed by atoms with van der Waals surface area (Å²) in [4.78, 5) is 0. The van der Waals surface area contributed by atoms with E-state index in [0.29, 0.717) is 0 Å². The van der Waals surface area contributed by atoms with Crippen LogP contribution in [0.1, 0.15) is 45.8 Å². The SMILES string of the molecule is COCO[C@@H](c1ccccc1)[C@@H](C)[C@H](CC#N)O[Si](c1ccccc1)(c1ccccc1)C(C)(C)C. The minimum Gasteiger partial charge on any atom is -0.403 e. The third-order valence-electron chi connectivity index (χ3n) is 6.59. The van der Waals surface area contributed by atoms with E-state index >= 15 is 0 Å². The maximum absolute atomic E-state index is 9.87. The normalized spacial score (nSPS) is 14.6. The molecule has 3 aromatic rings. The van der Waals surface area contributed by atoms with Gasteiger partial charge in [-0.3, -0.25) is 0 Å². The van der Waals surface area contributed by atoms with Crippen molar-refractivity contribution in [1.29, 1.82) is 5.26 Å². The smallest absolute Gasteiger partial charge is 0.261 e. The molecule has 0 saturated heterocycles. The van der Waals surface area contributed by atoms with E-state index in [2.05, 4.69) is 94.4 Å². The summed E-state index contributed by atoms with van der Waals surface area (Å²) in [5, 5.41) is 12.1. The molecule has 0 heterocycles. The van der Waals surface area contributed by atoms with Crippen LogP contribution in [0, 0.1) is 17.2 Å². The lowest BCUT2D eigenvalue weighted by Crippen LogP contribution is -2.68. The average molecular weight is 488 g/mol. The molecule has 0 aliphatic heterocycles. The van der Waals surface area contributed by atoms with Gasteiger partial charge in [0.15, 0.2) is 0 Å². The molecule has 35 heavy (non-hydrogen) atoms. The highest BCUT2D eigenvalue weighted by Gasteiger charge is 2.52. The molecule has 0 saturated carbocycles. The molecule has 0 bridgehead atoms. The highest BCUT2D eigenvalue weighted by Crippen LogP contribution is 2.40. The van der Waals surface area contributed by atoms with Crippen molar-refractivity contribution in [1.82, 2.24) is 0 Å². The molecular weight excluding hydrogens is 450 g/mol. The van der Waals surface area contributed by atoms with E-state index in [4.69, 9.17) is 13.9 Å². The lowest BCUT2D eigenvalue weighted by molar-refractivity contribution is -0.106. The van der Waals surface area contributed by atoms with Crippen LogP contribution < -0.4 is 10.4 Å². The van der Waals surface area contributed by atoms with Crippen molar-refractivity contribution in [2.75, 3.05) is 13.9 Å². The Labute approximate surface area is 211 Å². The van der Waals surface area contributed by atoms with Gasteiger partial charge in [-0.2, -0.15) is 5.26 Å². The van der Waals surface area contributed by atoms with Crippen molar-refractivity contribution in [3.8, 4) is 6.07 Å². The van der Waals surface area contributed by atoms with Crippen LogP contribution in [0.2, 0.25) is 5.04 Å². The van der Waals surface area contributed by atoms with Gasteiger partial charge in [0, 0.05) is 13.0 Å². The van der Waals surface area contributed by atoms with Gasteiger partial charge in [-0.05, 0) is 21.0 Å². The predicted octanol–water partition coefficient (Wildman–Crippen LogP) is 5.84. The summed E-state index contributed by atoms with van der Waals surface area (Å²) in [5.74, 6) is -0.0890. The fourth-order valence-electron chi connectivity index (χ4n) is 4.87. The van der Waals surface area contributed by atoms with Crippen LogP contribution in [0.15, 0.2) is 91.0 Å². The van der Waals surface area contributed by atoms with E-state index in [1.165, 1.54) is 10.4 Å². The van der Waals surface area contributed by atoms with Crippen LogP contribution in [0.5, 0.6) is 0 Å². The van der Waals surface area contributed by atoms with Crippen LogP contribution in [-0.2, 0) is 13.9 Å². The lowest BCUT2D eigenvalue weighted by Gasteiger charge is -2.46. The standard InChI is InChI=1S/C30H37NO3Si/c1-24(29(33-23-32-5)25-15-9-6-10-16-25)28(21-22-31)34-35(30(2,3)4,26-17-11-7-12-18-26)27-19-13-8-14-20-27/h6-20,24,28-29H,21,23H2,1-5H3/t24-,28-,29+/m0/s1. The molecule has 3 aromatic carbocycles. The second-order valence-electron chi connectivity index (χ2n) is 9.95. The molecule has 0 N–H and O–H groups in total. The van der Waals surface area contributed by atoms with Gasteiger partial charge in [0.1, 0.15) is 6.79 Å². The first-order valence-corrected chi connectivity index (χ1v) is 14.1. The summed E-state index contributed by atoms with van der Waals surface area (Å²) in [5.41, 5.74) is 1.05. The van der Waals surface area contributed by atoms with E-state index < -0.39 is 8.32 Å². The van der Waals surface area contributed by atoms with E-state index in [1.54, 1.807) is 7.11 Å². The first-order valence-electron chi connectivity index (χ1n) is 12.2. The fourth-order valence-corrected chi connectivity index (χ4v) is 9.64. The molecule has 0 aliphatic rings. The Morgan fingerprint density at radius 1 is 0.829 bits per heavy atom. The molecule has 184 valence electrons. The zero-order chi connectivity index (χ0) is 25.3. The molecule has 0 aliphatic carbocycles. The fraction of sp³-hybridized carbons (Fsp3) is 0.367. The summed E-state index contributed by atoms with van der Waals surface area (Å²) in [6, 6.07) is 33.6. The van der Waals surface area contributed by atoms with Crippen LogP contribution in [-0.4, -0.2) is 28.3 Å². The van der Waals surface area contributed by atoms with Crippen molar-refractivity contribution >= 4 is 18.7 Å². The third kappa shape index (κ3) is 6.09. The van der Waals surface area contributed by atoms with Gasteiger partial charge in [0.05, 0.1) is 24.7 Å². The van der Waals surface area contributed by atoms with Gasteiger partial charge < -0.3 is 13.9 Å². The van der Waals surface area contributed by atoms with Crippen molar-refractivity contribution < 1.29 is 13.9 Å². The van der Waals surface area contributed by atoms with Crippen LogP contribution in [0.4, 0.5) is 0 Å². The van der Waals surface area contributed by atoms with E-state index in [9.17, 15) is 5.26 Å². The third-order valence-corrected chi connectivity index (χ3v) is 11.7. The molecule has 0 fully saturated rings. The van der Waals surface area contributed by atoms with Gasteiger partial charge in [0.25, 0.3) is 8.32 Å². The highest BCUT2D eigenvalue weighted by molar-refractivity contribution is 6.99. The van der Waals surface area contributed by atoms with Gasteiger partial charge in [-0.1, -0.05) is 119 Å². The Kier molecular flexibility index (Phi) is 9.42. The zero-order valence-corrected chi connectivity index (χ0v) is 22.5. The molecule has 0 aromatic heterocycles. The molecule has 0 unspecified atom stereocenters. The molecule has 4 nitrogen and oxygen atoms in total. The van der Waals surface area contributed by atoms with Crippen LogP contribution in [0.25, 0.3) is 0 Å². The van der Waals surface area contributed by atoms with Crippen molar-refractivity contribution in [3.05, 3.63) is 96.6 Å². The highest BCUT2D eigenvalue weighted by atomic mass is 28.4. The van der Waals surface area contributed by atoms with Gasteiger partial charge in [0.2, 0.25) is 0 Å². The number of ether oxygens (including phenoxy) is 2. The Hall–Kier alpha value is -2.75. The molecule has 3 atom stereocenters. The Morgan fingerprint density at radius 2 is 1.31 bits per heavy atom. The number of hydrogen-bond donors (Lipinski definition) is 0. The molecule has 0 radical (unpaired) electrons. The summed E-state index contributed by atoms with van der Waals surface area (Å²) >= 11 is 0. The Bertz CT molecular complexity index is 1020. The quantitative estimate of drug-likeness (QED) is 0.252. The summed E-state index contributed by atoms with van der Waals surface area (Å²) in [7, 11) is -1.21. The second-order valence-corrected chi connectivity index (χ2v) is 14.2. The number of rotatable bonds is 11. The Balaban J connectivity index is 2.13. The minimum atomic E-state index is -2.83.